The number of rotatable bonds is 1. The lowest BCUT2D eigenvalue weighted by Gasteiger charge is -2.02. The van der Waals surface area contributed by atoms with E-state index in [2.05, 4.69) is 25.9 Å². The summed E-state index contributed by atoms with van der Waals surface area (Å²) in [5.74, 6) is 0.551. The summed E-state index contributed by atoms with van der Waals surface area (Å²) in [5, 5.41) is 0. The van der Waals surface area contributed by atoms with Crippen LogP contribution in [0.3, 0.4) is 0 Å². The molecule has 0 atom stereocenters. The molecule has 1 aromatic carbocycles. The van der Waals surface area contributed by atoms with E-state index in [4.69, 9.17) is 0 Å². The van der Waals surface area contributed by atoms with E-state index in [9.17, 15) is 4.79 Å². The fraction of sp³-hybridized carbons (Fsp3) is 0. The summed E-state index contributed by atoms with van der Waals surface area (Å²) in [6.45, 7) is 0. The molecule has 0 radical (unpaired) electrons. The van der Waals surface area contributed by atoms with Crippen LogP contribution in [-0.4, -0.2) is 14.4 Å². The van der Waals surface area contributed by atoms with Gasteiger partial charge in [-0.05, 0) is 17.7 Å². The van der Waals surface area contributed by atoms with Crippen molar-refractivity contribution < 1.29 is 0 Å². The maximum Gasteiger partial charge on any atom is 0.259 e. The molecule has 5 heteroatoms. The average Bonchev–Trinajstić information content (AvgIpc) is 2.78. The highest BCUT2D eigenvalue weighted by Gasteiger charge is 2.03. The first-order chi connectivity index (χ1) is 8.24. The summed E-state index contributed by atoms with van der Waals surface area (Å²) in [4.78, 5) is 19.0. The van der Waals surface area contributed by atoms with Gasteiger partial charge in [0.05, 0.1) is 5.69 Å². The van der Waals surface area contributed by atoms with Gasteiger partial charge >= 0.3 is 0 Å². The predicted octanol–water partition coefficient (Wildman–Crippen LogP) is 2.45. The number of nitrogens with zero attached hydrogens (tertiary/aromatic N) is 2. The highest BCUT2D eigenvalue weighted by Crippen LogP contribution is 2.18. The van der Waals surface area contributed by atoms with Gasteiger partial charge in [-0.25, -0.2) is 4.98 Å². The first-order valence-electron chi connectivity index (χ1n) is 5.06. The van der Waals surface area contributed by atoms with Gasteiger partial charge in [0.2, 0.25) is 5.78 Å². The molecule has 2 aromatic heterocycles. The van der Waals surface area contributed by atoms with Crippen molar-refractivity contribution in [2.24, 2.45) is 0 Å². The quantitative estimate of drug-likeness (QED) is 0.748. The number of hydrogen-bond donors (Lipinski definition) is 1. The normalized spacial score (nSPS) is 10.9. The van der Waals surface area contributed by atoms with Crippen molar-refractivity contribution in [3.8, 4) is 11.3 Å². The van der Waals surface area contributed by atoms with Gasteiger partial charge in [-0.1, -0.05) is 28.1 Å². The molecule has 0 bridgehead atoms. The fourth-order valence-corrected chi connectivity index (χ4v) is 1.97. The Morgan fingerprint density at radius 3 is 2.76 bits per heavy atom. The molecule has 84 valence electrons. The Morgan fingerprint density at radius 1 is 1.24 bits per heavy atom. The maximum absolute atomic E-state index is 11.8. The number of H-pyrrole nitrogens is 1. The molecule has 0 aliphatic carbocycles. The molecule has 0 saturated carbocycles. The lowest BCUT2D eigenvalue weighted by atomic mass is 10.1. The average molecular weight is 290 g/mol. The summed E-state index contributed by atoms with van der Waals surface area (Å²) >= 11 is 3.38. The van der Waals surface area contributed by atoms with Gasteiger partial charge in [0.15, 0.2) is 0 Å². The molecular formula is C12H8BrN3O. The summed E-state index contributed by atoms with van der Waals surface area (Å²) in [5.41, 5.74) is 1.63. The lowest BCUT2D eigenvalue weighted by Crippen LogP contribution is -2.12. The summed E-state index contributed by atoms with van der Waals surface area (Å²) in [6, 6.07) is 9.31. The van der Waals surface area contributed by atoms with E-state index < -0.39 is 0 Å². The van der Waals surface area contributed by atoms with Crippen molar-refractivity contribution in [3.05, 3.63) is 57.6 Å². The molecule has 0 amide bonds. The Bertz CT molecular complexity index is 727. The van der Waals surface area contributed by atoms with E-state index in [0.717, 1.165) is 15.7 Å². The number of hydrogen-bond acceptors (Lipinski definition) is 2. The van der Waals surface area contributed by atoms with E-state index in [1.54, 1.807) is 18.5 Å². The molecule has 3 rings (SSSR count). The molecule has 2 heterocycles. The minimum atomic E-state index is -0.0887. The van der Waals surface area contributed by atoms with Crippen molar-refractivity contribution in [3.63, 3.8) is 0 Å². The number of halogens is 1. The summed E-state index contributed by atoms with van der Waals surface area (Å²) in [6.07, 6.45) is 3.23. The molecule has 1 N–H and O–H groups in total. The zero-order chi connectivity index (χ0) is 11.8. The number of nitrogens with one attached hydrogen (secondary N) is 1. The molecule has 4 nitrogen and oxygen atoms in total. The minimum absolute atomic E-state index is 0.0887. The molecule has 0 fully saturated rings. The van der Waals surface area contributed by atoms with Crippen LogP contribution >= 0.6 is 15.9 Å². The van der Waals surface area contributed by atoms with Crippen molar-refractivity contribution in [1.29, 1.82) is 0 Å². The van der Waals surface area contributed by atoms with E-state index >= 15 is 0 Å². The Hall–Kier alpha value is -1.88. The zero-order valence-electron chi connectivity index (χ0n) is 8.72. The molecule has 3 aromatic rings. The highest BCUT2D eigenvalue weighted by molar-refractivity contribution is 9.10. The lowest BCUT2D eigenvalue weighted by molar-refractivity contribution is 1.06. The SMILES string of the molecule is O=c1cc(-c2ccc(Br)cc2)[nH]c2nccn12. The Kier molecular flexibility index (Phi) is 2.33. The van der Waals surface area contributed by atoms with Crippen LogP contribution in [-0.2, 0) is 0 Å². The van der Waals surface area contributed by atoms with Crippen LogP contribution in [0.2, 0.25) is 0 Å². The van der Waals surface area contributed by atoms with Crippen molar-refractivity contribution in [2.75, 3.05) is 0 Å². The van der Waals surface area contributed by atoms with Crippen LogP contribution in [0, 0.1) is 0 Å². The Balaban J connectivity index is 2.23. The number of benzene rings is 1. The Labute approximate surface area is 105 Å². The van der Waals surface area contributed by atoms with Gasteiger partial charge in [-0.2, -0.15) is 0 Å². The summed E-state index contributed by atoms with van der Waals surface area (Å²) < 4.78 is 2.48. The fourth-order valence-electron chi connectivity index (χ4n) is 1.71. The van der Waals surface area contributed by atoms with Crippen LogP contribution in [0.4, 0.5) is 0 Å². The van der Waals surface area contributed by atoms with Gasteiger partial charge in [0.25, 0.3) is 5.56 Å². The smallest absolute Gasteiger partial charge is 0.259 e. The van der Waals surface area contributed by atoms with Crippen molar-refractivity contribution >= 4 is 21.7 Å². The standard InChI is InChI=1S/C12H8BrN3O/c13-9-3-1-8(2-4-9)10-7-11(17)16-6-5-14-12(16)15-10/h1-7H,(H,14,15). The zero-order valence-corrected chi connectivity index (χ0v) is 10.3. The van der Waals surface area contributed by atoms with Gasteiger partial charge < -0.3 is 4.98 Å². The van der Waals surface area contributed by atoms with E-state index in [1.165, 1.54) is 4.40 Å². The molecular weight excluding hydrogens is 282 g/mol. The van der Waals surface area contributed by atoms with Gasteiger partial charge in [0.1, 0.15) is 0 Å². The monoisotopic (exact) mass is 289 g/mol. The van der Waals surface area contributed by atoms with Crippen LogP contribution < -0.4 is 5.56 Å². The second-order valence-corrected chi connectivity index (χ2v) is 4.56. The molecule has 0 unspecified atom stereocenters. The summed E-state index contributed by atoms with van der Waals surface area (Å²) in [7, 11) is 0. The van der Waals surface area contributed by atoms with Crippen LogP contribution in [0.25, 0.3) is 17.0 Å². The molecule has 0 saturated heterocycles. The van der Waals surface area contributed by atoms with Crippen LogP contribution in [0.15, 0.2) is 52.0 Å². The third kappa shape index (κ3) is 1.78. The van der Waals surface area contributed by atoms with E-state index in [-0.39, 0.29) is 5.56 Å². The highest BCUT2D eigenvalue weighted by atomic mass is 79.9. The molecule has 0 aliphatic rings. The van der Waals surface area contributed by atoms with Gasteiger partial charge in [-0.3, -0.25) is 9.20 Å². The van der Waals surface area contributed by atoms with Gasteiger partial charge in [-0.15, -0.1) is 0 Å². The number of aromatic amines is 1. The van der Waals surface area contributed by atoms with E-state index in [1.807, 2.05) is 24.3 Å². The third-order valence-electron chi connectivity index (χ3n) is 2.55. The molecule has 0 spiro atoms. The number of aromatic nitrogens is 3. The molecule has 0 aliphatic heterocycles. The van der Waals surface area contributed by atoms with Crippen molar-refractivity contribution in [2.45, 2.75) is 0 Å². The number of imidazole rings is 1. The second kappa shape index (κ2) is 3.85. The largest absolute Gasteiger partial charge is 0.324 e. The number of fused-ring (bicyclic) bond motifs is 1. The first-order valence-corrected chi connectivity index (χ1v) is 5.86. The first kappa shape index (κ1) is 10.3. The predicted molar refractivity (Wildman–Crippen MR) is 68.9 cm³/mol. The van der Waals surface area contributed by atoms with Gasteiger partial charge in [0, 0.05) is 22.9 Å². The third-order valence-corrected chi connectivity index (χ3v) is 3.08. The Morgan fingerprint density at radius 2 is 2.00 bits per heavy atom. The minimum Gasteiger partial charge on any atom is -0.324 e. The van der Waals surface area contributed by atoms with E-state index in [0.29, 0.717) is 5.78 Å². The van der Waals surface area contributed by atoms with Crippen LogP contribution in [0.1, 0.15) is 0 Å². The molecule has 17 heavy (non-hydrogen) atoms. The topological polar surface area (TPSA) is 50.2 Å². The van der Waals surface area contributed by atoms with Crippen LogP contribution in [0.5, 0.6) is 0 Å². The maximum atomic E-state index is 11.8. The second-order valence-electron chi connectivity index (χ2n) is 3.65. The van der Waals surface area contributed by atoms with Crippen molar-refractivity contribution in [1.82, 2.24) is 14.4 Å².